The number of ether oxygens (including phenoxy) is 2. The molecule has 2 aliphatic rings. The maximum Gasteiger partial charge on any atom is 0.410 e. The van der Waals surface area contributed by atoms with Crippen LogP contribution >= 0.6 is 11.6 Å². The lowest BCUT2D eigenvalue weighted by atomic mass is 9.94. The Hall–Kier alpha value is -2.09. The van der Waals surface area contributed by atoms with Gasteiger partial charge in [0.05, 0.1) is 13.7 Å². The van der Waals surface area contributed by atoms with E-state index in [0.717, 1.165) is 37.4 Å². The molecule has 1 aromatic rings. The fourth-order valence-electron chi connectivity index (χ4n) is 4.70. The van der Waals surface area contributed by atoms with E-state index in [1.54, 1.807) is 11.0 Å². The monoisotopic (exact) mass is 463 g/mol. The van der Waals surface area contributed by atoms with Crippen LogP contribution in [-0.2, 0) is 20.7 Å². The number of hydrogen-bond acceptors (Lipinski definition) is 6. The average Bonchev–Trinajstić information content (AvgIpc) is 2.80. The number of rotatable bonds is 7. The highest BCUT2D eigenvalue weighted by atomic mass is 35.5. The molecule has 1 amide bonds. The van der Waals surface area contributed by atoms with Crippen LogP contribution in [0.1, 0.15) is 25.3 Å². The van der Waals surface area contributed by atoms with Crippen molar-refractivity contribution in [3.05, 3.63) is 47.5 Å². The van der Waals surface area contributed by atoms with E-state index in [0.29, 0.717) is 25.7 Å². The van der Waals surface area contributed by atoms with Crippen molar-refractivity contribution in [3.63, 3.8) is 0 Å². The number of esters is 1. The summed E-state index contributed by atoms with van der Waals surface area (Å²) in [5.41, 5.74) is 1.22. The molecule has 176 valence electrons. The third-order valence-corrected chi connectivity index (χ3v) is 6.73. The van der Waals surface area contributed by atoms with Gasteiger partial charge >= 0.3 is 12.1 Å². The number of benzene rings is 1. The summed E-state index contributed by atoms with van der Waals surface area (Å²) >= 11 is 6.07. The smallest absolute Gasteiger partial charge is 0.410 e. The highest BCUT2D eigenvalue weighted by Gasteiger charge is 2.38. The summed E-state index contributed by atoms with van der Waals surface area (Å²) in [5.74, 6) is -0.207. The molecule has 2 aliphatic heterocycles. The molecular weight excluding hydrogens is 430 g/mol. The van der Waals surface area contributed by atoms with Crippen LogP contribution in [0.3, 0.4) is 0 Å². The number of nitrogens with zero attached hydrogens (tertiary/aromatic N) is 3. The van der Waals surface area contributed by atoms with Crippen molar-refractivity contribution in [2.75, 3.05) is 46.4 Å². The van der Waals surface area contributed by atoms with E-state index < -0.39 is 0 Å². The number of piperazine rings is 1. The van der Waals surface area contributed by atoms with Gasteiger partial charge in [-0.05, 0) is 43.9 Å². The number of likely N-dealkylation sites (tertiary alicyclic amines) is 1. The number of methoxy groups -OCH3 is 1. The van der Waals surface area contributed by atoms with Gasteiger partial charge in [-0.25, -0.2) is 4.79 Å². The number of hydrogen-bond donors (Lipinski definition) is 0. The van der Waals surface area contributed by atoms with Gasteiger partial charge < -0.3 is 14.4 Å². The van der Waals surface area contributed by atoms with Crippen molar-refractivity contribution in [3.8, 4) is 0 Å². The van der Waals surface area contributed by atoms with E-state index in [4.69, 9.17) is 21.1 Å². The molecule has 2 heterocycles. The van der Waals surface area contributed by atoms with E-state index in [1.807, 2.05) is 12.1 Å². The molecule has 2 atom stereocenters. The molecule has 0 radical (unpaired) electrons. The molecule has 7 nitrogen and oxygen atoms in total. The lowest BCUT2D eigenvalue weighted by molar-refractivity contribution is -0.144. The van der Waals surface area contributed by atoms with E-state index in [9.17, 15) is 9.59 Å². The van der Waals surface area contributed by atoms with Crippen molar-refractivity contribution in [1.29, 1.82) is 0 Å². The van der Waals surface area contributed by atoms with Gasteiger partial charge in [0.25, 0.3) is 0 Å². The van der Waals surface area contributed by atoms with Gasteiger partial charge in [0.1, 0.15) is 6.61 Å². The molecule has 0 N–H and O–H groups in total. The van der Waals surface area contributed by atoms with Crippen molar-refractivity contribution in [2.45, 2.75) is 44.3 Å². The minimum atomic E-state index is -0.266. The van der Waals surface area contributed by atoms with Crippen molar-refractivity contribution >= 4 is 23.7 Å². The SMILES string of the molecule is C=CCOC(=O)N1CCC(N2C[C@H](C)N(CC(=O)OC)C[C@@H]2Cc2ccc(Cl)cc2)CC1. The zero-order valence-corrected chi connectivity index (χ0v) is 19.8. The number of piperidine rings is 1. The van der Waals surface area contributed by atoms with Gasteiger partial charge in [-0.2, -0.15) is 0 Å². The van der Waals surface area contributed by atoms with Crippen LogP contribution < -0.4 is 0 Å². The Balaban J connectivity index is 1.69. The van der Waals surface area contributed by atoms with Crippen LogP contribution in [-0.4, -0.2) is 91.3 Å². The highest BCUT2D eigenvalue weighted by molar-refractivity contribution is 6.30. The van der Waals surface area contributed by atoms with Crippen molar-refractivity contribution in [2.24, 2.45) is 0 Å². The molecule has 3 rings (SSSR count). The molecular formula is C24H34ClN3O4. The van der Waals surface area contributed by atoms with Gasteiger partial charge in [0.2, 0.25) is 0 Å². The average molecular weight is 464 g/mol. The Kier molecular flexibility index (Phi) is 8.96. The second-order valence-electron chi connectivity index (χ2n) is 8.62. The zero-order chi connectivity index (χ0) is 23.1. The first kappa shape index (κ1) is 24.6. The van der Waals surface area contributed by atoms with E-state index in [1.165, 1.54) is 12.7 Å². The minimum absolute atomic E-state index is 0.207. The molecule has 0 aromatic heterocycles. The molecule has 0 saturated carbocycles. The topological polar surface area (TPSA) is 62.3 Å². The predicted molar refractivity (Wildman–Crippen MR) is 125 cm³/mol. The summed E-state index contributed by atoms with van der Waals surface area (Å²) in [6.45, 7) is 9.33. The van der Waals surface area contributed by atoms with Gasteiger partial charge in [-0.3, -0.25) is 14.6 Å². The zero-order valence-electron chi connectivity index (χ0n) is 19.0. The van der Waals surface area contributed by atoms with Crippen LogP contribution in [0.15, 0.2) is 36.9 Å². The van der Waals surface area contributed by atoms with Crippen LogP contribution in [0.4, 0.5) is 4.79 Å². The molecule has 32 heavy (non-hydrogen) atoms. The fourth-order valence-corrected chi connectivity index (χ4v) is 4.83. The number of halogens is 1. The molecule has 2 saturated heterocycles. The van der Waals surface area contributed by atoms with Gasteiger partial charge in [0.15, 0.2) is 0 Å². The van der Waals surface area contributed by atoms with Gasteiger partial charge in [-0.1, -0.05) is 36.4 Å². The standard InChI is InChI=1S/C24H34ClN3O4/c1-4-13-32-24(30)26-11-9-21(10-12-26)28-15-18(2)27(17-23(29)31-3)16-22(28)14-19-5-7-20(25)8-6-19/h4-8,18,21-22H,1,9-17H2,2-3H3/t18-,22-/m0/s1. The molecule has 0 bridgehead atoms. The maximum absolute atomic E-state index is 12.2. The molecule has 0 aliphatic carbocycles. The largest absolute Gasteiger partial charge is 0.468 e. The fraction of sp³-hybridized carbons (Fsp3) is 0.583. The molecule has 0 unspecified atom stereocenters. The number of amides is 1. The summed E-state index contributed by atoms with van der Waals surface area (Å²) < 4.78 is 10.1. The number of carbonyl (C=O) groups excluding carboxylic acids is 2. The molecule has 2 fully saturated rings. The van der Waals surface area contributed by atoms with Crippen molar-refractivity contribution in [1.82, 2.24) is 14.7 Å². The van der Waals surface area contributed by atoms with E-state index in [2.05, 4.69) is 35.4 Å². The summed E-state index contributed by atoms with van der Waals surface area (Å²) in [6, 6.07) is 8.88. The van der Waals surface area contributed by atoms with E-state index in [-0.39, 0.29) is 30.8 Å². The third-order valence-electron chi connectivity index (χ3n) is 6.47. The quantitative estimate of drug-likeness (QED) is 0.457. The summed E-state index contributed by atoms with van der Waals surface area (Å²) in [6.07, 6.45) is 4.01. The first-order chi connectivity index (χ1) is 15.4. The van der Waals surface area contributed by atoms with Gasteiger partial charge in [0, 0.05) is 49.3 Å². The van der Waals surface area contributed by atoms with Crippen LogP contribution in [0.2, 0.25) is 5.02 Å². The third kappa shape index (κ3) is 6.47. The summed E-state index contributed by atoms with van der Waals surface area (Å²) in [7, 11) is 1.43. The lowest BCUT2D eigenvalue weighted by Gasteiger charge is -2.50. The van der Waals surface area contributed by atoms with Gasteiger partial charge in [-0.15, -0.1) is 0 Å². The maximum atomic E-state index is 12.2. The van der Waals surface area contributed by atoms with E-state index >= 15 is 0 Å². The predicted octanol–water partition coefficient (Wildman–Crippen LogP) is 3.22. The second kappa shape index (κ2) is 11.7. The van der Waals surface area contributed by atoms with Crippen molar-refractivity contribution < 1.29 is 19.1 Å². The van der Waals surface area contributed by atoms with Crippen LogP contribution in [0.25, 0.3) is 0 Å². The summed E-state index contributed by atoms with van der Waals surface area (Å²) in [4.78, 5) is 30.7. The highest BCUT2D eigenvalue weighted by Crippen LogP contribution is 2.27. The minimum Gasteiger partial charge on any atom is -0.468 e. The summed E-state index contributed by atoms with van der Waals surface area (Å²) in [5, 5.41) is 0.728. The van der Waals surface area contributed by atoms with Crippen LogP contribution in [0.5, 0.6) is 0 Å². The lowest BCUT2D eigenvalue weighted by Crippen LogP contribution is -2.62. The Morgan fingerprint density at radius 2 is 1.88 bits per heavy atom. The number of carbonyl (C=O) groups is 2. The second-order valence-corrected chi connectivity index (χ2v) is 9.06. The normalized spacial score (nSPS) is 23.0. The molecule has 0 spiro atoms. The Morgan fingerprint density at radius 1 is 1.19 bits per heavy atom. The first-order valence-electron chi connectivity index (χ1n) is 11.2. The molecule has 1 aromatic carbocycles. The Morgan fingerprint density at radius 3 is 2.50 bits per heavy atom. The van der Waals surface area contributed by atoms with Crippen LogP contribution in [0, 0.1) is 0 Å². The molecule has 8 heteroatoms. The first-order valence-corrected chi connectivity index (χ1v) is 11.6. The Labute approximate surface area is 195 Å². The Bertz CT molecular complexity index is 780.